The third-order valence-electron chi connectivity index (χ3n) is 5.74. The lowest BCUT2D eigenvalue weighted by Gasteiger charge is -2.28. The number of nitrogens with zero attached hydrogens (tertiary/aromatic N) is 2. The summed E-state index contributed by atoms with van der Waals surface area (Å²) in [6.45, 7) is 2.33. The number of para-hydroxylation sites is 1. The number of anilines is 1. The second-order valence-electron chi connectivity index (χ2n) is 7.90. The number of carbonyl (C=O) groups excluding carboxylic acids is 2. The predicted molar refractivity (Wildman–Crippen MR) is 117 cm³/mol. The molecule has 0 spiro atoms. The molecule has 1 aliphatic rings. The predicted octanol–water partition coefficient (Wildman–Crippen LogP) is 3.55. The summed E-state index contributed by atoms with van der Waals surface area (Å²) in [5.74, 6) is -0.205. The van der Waals surface area contributed by atoms with Gasteiger partial charge in [-0.3, -0.25) is 14.6 Å². The maximum atomic E-state index is 13.5. The van der Waals surface area contributed by atoms with E-state index >= 15 is 0 Å². The van der Waals surface area contributed by atoms with Gasteiger partial charge in [-0.1, -0.05) is 48.5 Å². The Hall–Kier alpha value is -3.47. The van der Waals surface area contributed by atoms with Gasteiger partial charge in [0.05, 0.1) is 17.7 Å². The summed E-state index contributed by atoms with van der Waals surface area (Å²) in [6.07, 6.45) is 2.30. The summed E-state index contributed by atoms with van der Waals surface area (Å²) in [4.78, 5) is 32.5. The molecule has 0 saturated heterocycles. The molecule has 0 radical (unpaired) electrons. The van der Waals surface area contributed by atoms with Crippen molar-refractivity contribution in [2.75, 3.05) is 11.9 Å². The minimum absolute atomic E-state index is 0.0450. The first kappa shape index (κ1) is 19.8. The number of pyridine rings is 1. The van der Waals surface area contributed by atoms with E-state index in [1.54, 1.807) is 18.1 Å². The topological polar surface area (TPSA) is 62.3 Å². The second kappa shape index (κ2) is 8.11. The molecule has 2 aromatic carbocycles. The molecule has 2 amide bonds. The summed E-state index contributed by atoms with van der Waals surface area (Å²) < 4.78 is 0. The van der Waals surface area contributed by atoms with Crippen molar-refractivity contribution in [2.45, 2.75) is 31.7 Å². The quantitative estimate of drug-likeness (QED) is 0.689. The number of fused-ring (bicyclic) bond motifs is 1. The summed E-state index contributed by atoms with van der Waals surface area (Å²) in [7, 11) is 1.78. The SMILES string of the molecule is Cc1ccnc(CNC(=O)CC2(Cc3ccccc3)C(=O)N(C)c3ccccc32)c1. The number of amides is 2. The van der Waals surface area contributed by atoms with E-state index in [2.05, 4.69) is 10.3 Å². The number of nitrogens with one attached hydrogen (secondary N) is 1. The molecule has 2 heterocycles. The number of hydrogen-bond donors (Lipinski definition) is 1. The maximum Gasteiger partial charge on any atom is 0.238 e. The Balaban J connectivity index is 1.63. The molecule has 1 N–H and O–H groups in total. The zero-order valence-corrected chi connectivity index (χ0v) is 17.3. The fraction of sp³-hybridized carbons (Fsp3) is 0.240. The first-order valence-electron chi connectivity index (χ1n) is 10.1. The molecule has 1 unspecified atom stereocenters. The average molecular weight is 399 g/mol. The number of benzene rings is 2. The second-order valence-corrected chi connectivity index (χ2v) is 7.90. The maximum absolute atomic E-state index is 13.5. The zero-order valence-electron chi connectivity index (χ0n) is 17.3. The summed E-state index contributed by atoms with van der Waals surface area (Å²) in [5, 5.41) is 2.96. The Morgan fingerprint density at radius 1 is 1.07 bits per heavy atom. The summed E-state index contributed by atoms with van der Waals surface area (Å²) >= 11 is 0. The Bertz CT molecular complexity index is 1080. The molecule has 1 atom stereocenters. The molecule has 5 heteroatoms. The first-order valence-corrected chi connectivity index (χ1v) is 10.1. The average Bonchev–Trinajstić information content (AvgIpc) is 2.95. The lowest BCUT2D eigenvalue weighted by atomic mass is 9.73. The van der Waals surface area contributed by atoms with Crippen molar-refractivity contribution >= 4 is 17.5 Å². The van der Waals surface area contributed by atoms with Crippen LogP contribution >= 0.6 is 0 Å². The molecular weight excluding hydrogens is 374 g/mol. The van der Waals surface area contributed by atoms with E-state index in [0.29, 0.717) is 13.0 Å². The highest BCUT2D eigenvalue weighted by molar-refractivity contribution is 6.09. The molecule has 1 aliphatic heterocycles. The van der Waals surface area contributed by atoms with E-state index in [-0.39, 0.29) is 18.2 Å². The van der Waals surface area contributed by atoms with E-state index in [1.807, 2.05) is 73.7 Å². The lowest BCUT2D eigenvalue weighted by Crippen LogP contribution is -2.44. The number of aromatic nitrogens is 1. The van der Waals surface area contributed by atoms with Crippen LogP contribution in [0, 0.1) is 6.92 Å². The number of likely N-dealkylation sites (N-methyl/N-ethyl adjacent to an activating group) is 1. The highest BCUT2D eigenvalue weighted by Gasteiger charge is 2.50. The van der Waals surface area contributed by atoms with Crippen LogP contribution < -0.4 is 10.2 Å². The Morgan fingerprint density at radius 3 is 2.57 bits per heavy atom. The van der Waals surface area contributed by atoms with E-state index < -0.39 is 5.41 Å². The normalized spacial score (nSPS) is 17.7. The van der Waals surface area contributed by atoms with Crippen LogP contribution in [0.3, 0.4) is 0 Å². The van der Waals surface area contributed by atoms with Gasteiger partial charge in [-0.25, -0.2) is 0 Å². The molecule has 3 aromatic rings. The van der Waals surface area contributed by atoms with Crippen molar-refractivity contribution in [3.63, 3.8) is 0 Å². The number of aryl methyl sites for hydroxylation is 1. The minimum Gasteiger partial charge on any atom is -0.350 e. The van der Waals surface area contributed by atoms with Gasteiger partial charge >= 0.3 is 0 Å². The molecule has 4 rings (SSSR count). The fourth-order valence-corrected chi connectivity index (χ4v) is 4.29. The molecular formula is C25H25N3O2. The van der Waals surface area contributed by atoms with Crippen molar-refractivity contribution in [1.82, 2.24) is 10.3 Å². The van der Waals surface area contributed by atoms with Gasteiger partial charge in [0.1, 0.15) is 0 Å². The van der Waals surface area contributed by atoms with Crippen molar-refractivity contribution < 1.29 is 9.59 Å². The van der Waals surface area contributed by atoms with E-state index in [9.17, 15) is 9.59 Å². The monoisotopic (exact) mass is 399 g/mol. The molecule has 0 saturated carbocycles. The third-order valence-corrected chi connectivity index (χ3v) is 5.74. The van der Waals surface area contributed by atoms with E-state index in [0.717, 1.165) is 28.1 Å². The van der Waals surface area contributed by atoms with Gasteiger partial charge in [-0.2, -0.15) is 0 Å². The fourth-order valence-electron chi connectivity index (χ4n) is 4.29. The van der Waals surface area contributed by atoms with Gasteiger partial charge in [-0.05, 0) is 48.2 Å². The standard InChI is InChI=1S/C25H25N3O2/c1-18-12-13-26-20(14-18)17-27-23(29)16-25(15-19-8-4-3-5-9-19)21-10-6-7-11-22(21)28(2)24(25)30/h3-14H,15-17H2,1-2H3,(H,27,29). The third kappa shape index (κ3) is 3.71. The molecule has 0 bridgehead atoms. The number of hydrogen-bond acceptors (Lipinski definition) is 3. The highest BCUT2D eigenvalue weighted by atomic mass is 16.2. The van der Waals surface area contributed by atoms with Gasteiger partial charge in [0, 0.05) is 25.4 Å². The summed E-state index contributed by atoms with van der Waals surface area (Å²) in [6, 6.07) is 21.5. The van der Waals surface area contributed by atoms with Crippen LogP contribution in [0.5, 0.6) is 0 Å². The van der Waals surface area contributed by atoms with Crippen molar-refractivity contribution in [1.29, 1.82) is 0 Å². The Kier molecular flexibility index (Phi) is 5.36. The van der Waals surface area contributed by atoms with Gasteiger partial charge in [-0.15, -0.1) is 0 Å². The lowest BCUT2D eigenvalue weighted by molar-refractivity contribution is -0.129. The largest absolute Gasteiger partial charge is 0.350 e. The molecule has 1 aromatic heterocycles. The highest BCUT2D eigenvalue weighted by Crippen LogP contribution is 2.45. The van der Waals surface area contributed by atoms with Gasteiger partial charge in [0.15, 0.2) is 0 Å². The van der Waals surface area contributed by atoms with Crippen LogP contribution in [0.2, 0.25) is 0 Å². The van der Waals surface area contributed by atoms with E-state index in [1.165, 1.54) is 0 Å². The smallest absolute Gasteiger partial charge is 0.238 e. The van der Waals surface area contributed by atoms with Crippen LogP contribution in [-0.4, -0.2) is 23.8 Å². The number of rotatable bonds is 6. The van der Waals surface area contributed by atoms with Crippen molar-refractivity contribution in [2.24, 2.45) is 0 Å². The van der Waals surface area contributed by atoms with Crippen LogP contribution in [0.25, 0.3) is 0 Å². The van der Waals surface area contributed by atoms with Crippen LogP contribution in [-0.2, 0) is 28.0 Å². The molecule has 152 valence electrons. The Morgan fingerprint density at radius 2 is 1.80 bits per heavy atom. The zero-order chi connectivity index (χ0) is 21.1. The molecule has 5 nitrogen and oxygen atoms in total. The Labute approximate surface area is 176 Å². The molecule has 30 heavy (non-hydrogen) atoms. The van der Waals surface area contributed by atoms with E-state index in [4.69, 9.17) is 0 Å². The van der Waals surface area contributed by atoms with Crippen LogP contribution in [0.15, 0.2) is 72.9 Å². The molecule has 0 aliphatic carbocycles. The molecule has 0 fully saturated rings. The van der Waals surface area contributed by atoms with Crippen molar-refractivity contribution in [3.8, 4) is 0 Å². The van der Waals surface area contributed by atoms with Crippen LogP contribution in [0.1, 0.15) is 28.8 Å². The van der Waals surface area contributed by atoms with Gasteiger partial charge in [0.2, 0.25) is 11.8 Å². The van der Waals surface area contributed by atoms with Gasteiger partial charge in [0.25, 0.3) is 0 Å². The number of carbonyl (C=O) groups is 2. The van der Waals surface area contributed by atoms with Crippen LogP contribution in [0.4, 0.5) is 5.69 Å². The summed E-state index contributed by atoms with van der Waals surface area (Å²) in [5.41, 5.74) is 3.78. The minimum atomic E-state index is -0.920. The van der Waals surface area contributed by atoms with Crippen molar-refractivity contribution in [3.05, 3.63) is 95.3 Å². The first-order chi connectivity index (χ1) is 14.5. The van der Waals surface area contributed by atoms with Gasteiger partial charge < -0.3 is 10.2 Å².